The van der Waals surface area contributed by atoms with Gasteiger partial charge in [-0.3, -0.25) is 0 Å². The number of nitrogen functional groups attached to an aromatic ring is 1. The van der Waals surface area contributed by atoms with Crippen molar-refractivity contribution in [2.45, 2.75) is 45.6 Å². The molecule has 0 fully saturated rings. The Morgan fingerprint density at radius 2 is 2.00 bits per heavy atom. The van der Waals surface area contributed by atoms with Crippen molar-refractivity contribution in [3.8, 4) is 5.75 Å². The van der Waals surface area contributed by atoms with E-state index in [9.17, 15) is 0 Å². The van der Waals surface area contributed by atoms with Crippen LogP contribution in [0, 0.1) is 0 Å². The molecule has 1 aromatic rings. The largest absolute Gasteiger partial charge is 0.488 e. The van der Waals surface area contributed by atoms with Crippen LogP contribution in [0.25, 0.3) is 0 Å². The molecule has 1 aromatic carbocycles. The smallest absolute Gasteiger partial charge is 0.142 e. The average Bonchev–Trinajstić information content (AvgIpc) is 2.26. The van der Waals surface area contributed by atoms with Crippen LogP contribution in [0.3, 0.4) is 0 Å². The van der Waals surface area contributed by atoms with Crippen molar-refractivity contribution in [1.29, 1.82) is 0 Å². The van der Waals surface area contributed by atoms with Gasteiger partial charge in [-0.15, -0.1) is 0 Å². The molecule has 0 aromatic heterocycles. The lowest BCUT2D eigenvalue weighted by atomic mass is 10.1. The van der Waals surface area contributed by atoms with Crippen molar-refractivity contribution >= 4 is 5.69 Å². The minimum Gasteiger partial charge on any atom is -0.488 e. The molecule has 0 bridgehead atoms. The first-order valence-electron chi connectivity index (χ1n) is 5.79. The first-order valence-corrected chi connectivity index (χ1v) is 5.79. The van der Waals surface area contributed by atoms with Gasteiger partial charge in [-0.05, 0) is 25.0 Å². The second-order valence-electron chi connectivity index (χ2n) is 3.83. The standard InChI is InChI=1S/C13H21NO/c1-3-5-8-11(4-2)15-13-10-7-6-9-12(13)14/h6-7,9-11H,3-5,8,14H2,1-2H3/t11-/m1/s1. The van der Waals surface area contributed by atoms with E-state index in [1.54, 1.807) is 0 Å². The van der Waals surface area contributed by atoms with Gasteiger partial charge >= 0.3 is 0 Å². The molecule has 0 saturated carbocycles. The molecule has 0 amide bonds. The Bertz CT molecular complexity index is 286. The predicted octanol–water partition coefficient (Wildman–Crippen LogP) is 3.62. The summed E-state index contributed by atoms with van der Waals surface area (Å²) in [5, 5.41) is 0. The third kappa shape index (κ3) is 3.82. The minimum absolute atomic E-state index is 0.301. The molecule has 0 aliphatic heterocycles. The molecule has 0 heterocycles. The number of anilines is 1. The summed E-state index contributed by atoms with van der Waals surface area (Å²) >= 11 is 0. The highest BCUT2D eigenvalue weighted by atomic mass is 16.5. The first kappa shape index (κ1) is 11.9. The Morgan fingerprint density at radius 1 is 1.27 bits per heavy atom. The lowest BCUT2D eigenvalue weighted by Gasteiger charge is -2.18. The van der Waals surface area contributed by atoms with E-state index < -0.39 is 0 Å². The summed E-state index contributed by atoms with van der Waals surface area (Å²) in [7, 11) is 0. The molecule has 15 heavy (non-hydrogen) atoms. The monoisotopic (exact) mass is 207 g/mol. The van der Waals surface area contributed by atoms with Gasteiger partial charge in [-0.2, -0.15) is 0 Å². The quantitative estimate of drug-likeness (QED) is 0.723. The maximum atomic E-state index is 5.87. The molecule has 0 spiro atoms. The number of unbranched alkanes of at least 4 members (excludes halogenated alkanes) is 1. The zero-order chi connectivity index (χ0) is 11.1. The SMILES string of the molecule is CCCC[C@@H](CC)Oc1ccccc1N. The van der Waals surface area contributed by atoms with Gasteiger partial charge in [-0.25, -0.2) is 0 Å². The second kappa shape index (κ2) is 6.33. The molecular weight excluding hydrogens is 186 g/mol. The lowest BCUT2D eigenvalue weighted by Crippen LogP contribution is -2.15. The third-order valence-corrected chi connectivity index (χ3v) is 2.55. The summed E-state index contributed by atoms with van der Waals surface area (Å²) in [6, 6.07) is 7.69. The van der Waals surface area contributed by atoms with Crippen molar-refractivity contribution in [2.24, 2.45) is 0 Å². The van der Waals surface area contributed by atoms with Gasteiger partial charge < -0.3 is 10.5 Å². The Morgan fingerprint density at radius 3 is 2.60 bits per heavy atom. The van der Waals surface area contributed by atoms with Gasteiger partial charge in [0.1, 0.15) is 5.75 Å². The lowest BCUT2D eigenvalue weighted by molar-refractivity contribution is 0.184. The Kier molecular flexibility index (Phi) is 5.02. The molecule has 0 aliphatic rings. The van der Waals surface area contributed by atoms with E-state index in [1.165, 1.54) is 12.8 Å². The van der Waals surface area contributed by atoms with Crippen molar-refractivity contribution in [2.75, 3.05) is 5.73 Å². The molecular formula is C13H21NO. The van der Waals surface area contributed by atoms with Crippen molar-refractivity contribution in [3.05, 3.63) is 24.3 Å². The number of hydrogen-bond acceptors (Lipinski definition) is 2. The highest BCUT2D eigenvalue weighted by Crippen LogP contribution is 2.23. The molecule has 0 radical (unpaired) electrons. The van der Waals surface area contributed by atoms with Crippen LogP contribution >= 0.6 is 0 Å². The normalized spacial score (nSPS) is 12.4. The van der Waals surface area contributed by atoms with Crippen LogP contribution < -0.4 is 10.5 Å². The number of hydrogen-bond donors (Lipinski definition) is 1. The van der Waals surface area contributed by atoms with Gasteiger partial charge in [-0.1, -0.05) is 38.8 Å². The predicted molar refractivity (Wildman–Crippen MR) is 65.1 cm³/mol. The molecule has 2 nitrogen and oxygen atoms in total. The summed E-state index contributed by atoms with van der Waals surface area (Å²) in [6.45, 7) is 4.35. The van der Waals surface area contributed by atoms with Crippen LogP contribution in [-0.2, 0) is 0 Å². The number of benzene rings is 1. The Hall–Kier alpha value is -1.18. The summed E-state index contributed by atoms with van der Waals surface area (Å²) in [5.41, 5.74) is 6.56. The van der Waals surface area contributed by atoms with Crippen LogP contribution in [0.4, 0.5) is 5.69 Å². The molecule has 0 saturated heterocycles. The Balaban J connectivity index is 2.54. The minimum atomic E-state index is 0.301. The fourth-order valence-electron chi connectivity index (χ4n) is 1.55. The second-order valence-corrected chi connectivity index (χ2v) is 3.83. The van der Waals surface area contributed by atoms with Crippen LogP contribution in [0.1, 0.15) is 39.5 Å². The number of rotatable bonds is 6. The fraction of sp³-hybridized carbons (Fsp3) is 0.538. The average molecular weight is 207 g/mol. The highest BCUT2D eigenvalue weighted by Gasteiger charge is 2.08. The summed E-state index contributed by atoms with van der Waals surface area (Å²) in [6.07, 6.45) is 4.88. The van der Waals surface area contributed by atoms with Crippen LogP contribution in [0.5, 0.6) is 5.75 Å². The first-order chi connectivity index (χ1) is 7.27. The zero-order valence-electron chi connectivity index (χ0n) is 9.70. The molecule has 2 heteroatoms. The third-order valence-electron chi connectivity index (χ3n) is 2.55. The van der Waals surface area contributed by atoms with Gasteiger partial charge in [0.2, 0.25) is 0 Å². The Labute approximate surface area is 92.4 Å². The zero-order valence-corrected chi connectivity index (χ0v) is 9.70. The van der Waals surface area contributed by atoms with Crippen LogP contribution in [0.15, 0.2) is 24.3 Å². The maximum Gasteiger partial charge on any atom is 0.142 e. The topological polar surface area (TPSA) is 35.2 Å². The number of para-hydroxylation sites is 2. The molecule has 0 unspecified atom stereocenters. The van der Waals surface area contributed by atoms with E-state index in [0.717, 1.165) is 24.3 Å². The van der Waals surface area contributed by atoms with Gasteiger partial charge in [0, 0.05) is 0 Å². The molecule has 1 rings (SSSR count). The molecule has 1 atom stereocenters. The van der Waals surface area contributed by atoms with E-state index in [2.05, 4.69) is 13.8 Å². The van der Waals surface area contributed by atoms with Gasteiger partial charge in [0.25, 0.3) is 0 Å². The summed E-state index contributed by atoms with van der Waals surface area (Å²) < 4.78 is 5.87. The summed E-state index contributed by atoms with van der Waals surface area (Å²) in [4.78, 5) is 0. The molecule has 2 N–H and O–H groups in total. The van der Waals surface area contributed by atoms with E-state index in [0.29, 0.717) is 6.10 Å². The molecule has 84 valence electrons. The van der Waals surface area contributed by atoms with E-state index >= 15 is 0 Å². The summed E-state index contributed by atoms with van der Waals surface area (Å²) in [5.74, 6) is 0.820. The maximum absolute atomic E-state index is 5.87. The molecule has 0 aliphatic carbocycles. The number of nitrogens with two attached hydrogens (primary N) is 1. The number of ether oxygens (including phenoxy) is 1. The van der Waals surface area contributed by atoms with Gasteiger partial charge in [0.05, 0.1) is 11.8 Å². The van der Waals surface area contributed by atoms with E-state index in [4.69, 9.17) is 10.5 Å². The van der Waals surface area contributed by atoms with E-state index in [1.807, 2.05) is 24.3 Å². The van der Waals surface area contributed by atoms with Crippen molar-refractivity contribution in [1.82, 2.24) is 0 Å². The van der Waals surface area contributed by atoms with Crippen molar-refractivity contribution < 1.29 is 4.74 Å². The van der Waals surface area contributed by atoms with Crippen molar-refractivity contribution in [3.63, 3.8) is 0 Å². The van der Waals surface area contributed by atoms with E-state index in [-0.39, 0.29) is 0 Å². The highest BCUT2D eigenvalue weighted by molar-refractivity contribution is 5.51. The fourth-order valence-corrected chi connectivity index (χ4v) is 1.55. The van der Waals surface area contributed by atoms with Crippen LogP contribution in [0.2, 0.25) is 0 Å². The van der Waals surface area contributed by atoms with Gasteiger partial charge in [0.15, 0.2) is 0 Å². The van der Waals surface area contributed by atoms with Crippen LogP contribution in [-0.4, -0.2) is 6.10 Å².